The number of fused-ring (bicyclic) bond motifs is 1. The molecule has 0 radical (unpaired) electrons. The van der Waals surface area contributed by atoms with Gasteiger partial charge in [-0.25, -0.2) is 9.97 Å². The zero-order chi connectivity index (χ0) is 19.2. The number of hydrogen-bond donors (Lipinski definition) is 4. The van der Waals surface area contributed by atoms with Crippen LogP contribution in [0, 0.1) is 0 Å². The van der Waals surface area contributed by atoms with Gasteiger partial charge in [0.25, 0.3) is 5.91 Å². The number of hydrogen-bond acceptors (Lipinski definition) is 7. The summed E-state index contributed by atoms with van der Waals surface area (Å²) in [5.74, 6) is 0.502. The smallest absolute Gasteiger partial charge is 0.270 e. The van der Waals surface area contributed by atoms with Gasteiger partial charge in [0.1, 0.15) is 12.0 Å². The van der Waals surface area contributed by atoms with Crippen LogP contribution in [0.3, 0.4) is 0 Å². The minimum absolute atomic E-state index is 0.0160. The average Bonchev–Trinajstić information content (AvgIpc) is 2.71. The molecule has 1 amide bonds. The van der Waals surface area contributed by atoms with Crippen molar-refractivity contribution in [2.45, 2.75) is 6.92 Å². The number of nitrogens with zero attached hydrogens (tertiary/aromatic N) is 3. The highest BCUT2D eigenvalue weighted by Crippen LogP contribution is 2.25. The summed E-state index contributed by atoms with van der Waals surface area (Å²) in [5, 5.41) is 11.0. The Morgan fingerprint density at radius 1 is 1.19 bits per heavy atom. The number of amides is 1. The Morgan fingerprint density at radius 2 is 1.96 bits per heavy atom. The van der Waals surface area contributed by atoms with E-state index in [2.05, 4.69) is 20.8 Å². The number of likely N-dealkylation sites (N-methyl/N-ethyl adjacent to an activating group) is 1. The third-order valence-corrected chi connectivity index (χ3v) is 4.24. The molecule has 0 aliphatic heterocycles. The van der Waals surface area contributed by atoms with Crippen molar-refractivity contribution < 1.29 is 9.90 Å². The second kappa shape index (κ2) is 8.33. The van der Waals surface area contributed by atoms with Gasteiger partial charge >= 0.3 is 0 Å². The second-order valence-corrected chi connectivity index (χ2v) is 5.87. The van der Waals surface area contributed by atoms with Crippen LogP contribution in [0.2, 0.25) is 0 Å². The van der Waals surface area contributed by atoms with E-state index in [4.69, 9.17) is 5.73 Å². The third kappa shape index (κ3) is 3.90. The van der Waals surface area contributed by atoms with Gasteiger partial charge < -0.3 is 15.7 Å². The lowest BCUT2D eigenvalue weighted by molar-refractivity contribution is 0.0964. The molecule has 0 atom stereocenters. The molecule has 0 saturated heterocycles. The van der Waals surface area contributed by atoms with Crippen molar-refractivity contribution in [3.8, 4) is 0 Å². The molecule has 0 aliphatic rings. The number of anilines is 3. The summed E-state index contributed by atoms with van der Waals surface area (Å²) in [6.07, 6.45) is 1.36. The molecular formula is C19H22N6O2. The molecule has 140 valence electrons. The van der Waals surface area contributed by atoms with Crippen LogP contribution in [0.25, 0.3) is 10.8 Å². The number of rotatable bonds is 7. The number of aliphatic hydroxyl groups is 1. The fourth-order valence-corrected chi connectivity index (χ4v) is 2.88. The predicted molar refractivity (Wildman–Crippen MR) is 106 cm³/mol. The molecule has 0 fully saturated rings. The van der Waals surface area contributed by atoms with Crippen LogP contribution in [-0.2, 0) is 0 Å². The molecule has 8 heteroatoms. The van der Waals surface area contributed by atoms with Crippen LogP contribution >= 0.6 is 0 Å². The molecule has 0 bridgehead atoms. The number of nitrogens with one attached hydrogen (secondary N) is 2. The standard InChI is InChI=1S/C19H22N6O2/c1-2-25(10-11-26)18-16(20)17(21-12-22-18)23-24-19(27)15-9-5-7-13-6-3-4-8-14(13)15/h3-9,12,26H,2,10-11,20H2,1H3,(H,24,27)(H,21,22,23). The normalized spacial score (nSPS) is 10.6. The average molecular weight is 366 g/mol. The molecular weight excluding hydrogens is 344 g/mol. The second-order valence-electron chi connectivity index (χ2n) is 5.87. The van der Waals surface area contributed by atoms with E-state index in [0.717, 1.165) is 10.8 Å². The summed E-state index contributed by atoms with van der Waals surface area (Å²) in [6.45, 7) is 2.95. The first kappa shape index (κ1) is 18.4. The zero-order valence-corrected chi connectivity index (χ0v) is 15.0. The maximum absolute atomic E-state index is 12.6. The van der Waals surface area contributed by atoms with Gasteiger partial charge in [-0.2, -0.15) is 0 Å². The summed E-state index contributed by atoms with van der Waals surface area (Å²) >= 11 is 0. The minimum Gasteiger partial charge on any atom is -0.395 e. The van der Waals surface area contributed by atoms with Gasteiger partial charge in [-0.3, -0.25) is 15.6 Å². The van der Waals surface area contributed by atoms with Gasteiger partial charge in [-0.05, 0) is 23.8 Å². The topological polar surface area (TPSA) is 116 Å². The predicted octanol–water partition coefficient (Wildman–Crippen LogP) is 1.79. The number of carbonyl (C=O) groups excluding carboxylic acids is 1. The zero-order valence-electron chi connectivity index (χ0n) is 15.0. The van der Waals surface area contributed by atoms with Crippen LogP contribution < -0.4 is 21.5 Å². The molecule has 0 unspecified atom stereocenters. The van der Waals surface area contributed by atoms with Gasteiger partial charge in [-0.15, -0.1) is 0 Å². The van der Waals surface area contributed by atoms with Gasteiger partial charge in [0.05, 0.1) is 6.61 Å². The molecule has 0 aliphatic carbocycles. The van der Waals surface area contributed by atoms with Crippen molar-refractivity contribution in [2.75, 3.05) is 35.8 Å². The summed E-state index contributed by atoms with van der Waals surface area (Å²) in [7, 11) is 0. The molecule has 0 saturated carbocycles. The van der Waals surface area contributed by atoms with E-state index in [1.165, 1.54) is 6.33 Å². The fraction of sp³-hybridized carbons (Fsp3) is 0.211. The van der Waals surface area contributed by atoms with Crippen molar-refractivity contribution in [1.29, 1.82) is 0 Å². The van der Waals surface area contributed by atoms with Crippen LogP contribution in [0.5, 0.6) is 0 Å². The molecule has 3 aromatic rings. The van der Waals surface area contributed by atoms with Gasteiger partial charge in [0, 0.05) is 18.7 Å². The number of aromatic nitrogens is 2. The van der Waals surface area contributed by atoms with Gasteiger partial charge in [-0.1, -0.05) is 36.4 Å². The largest absolute Gasteiger partial charge is 0.395 e. The quantitative estimate of drug-likeness (QED) is 0.471. The molecule has 3 rings (SSSR count). The van der Waals surface area contributed by atoms with Crippen molar-refractivity contribution in [3.05, 3.63) is 54.4 Å². The molecule has 27 heavy (non-hydrogen) atoms. The molecule has 1 aromatic heterocycles. The number of benzene rings is 2. The summed E-state index contributed by atoms with van der Waals surface area (Å²) in [5.41, 5.74) is 12.4. The Hall–Kier alpha value is -3.39. The molecule has 5 N–H and O–H groups in total. The van der Waals surface area contributed by atoms with Crippen LogP contribution in [0.4, 0.5) is 17.3 Å². The number of nitrogens with two attached hydrogens (primary N) is 1. The number of nitrogen functional groups attached to an aromatic ring is 1. The van der Waals surface area contributed by atoms with Crippen LogP contribution in [0.1, 0.15) is 17.3 Å². The van der Waals surface area contributed by atoms with E-state index in [0.29, 0.717) is 36.0 Å². The lowest BCUT2D eigenvalue weighted by Gasteiger charge is -2.23. The van der Waals surface area contributed by atoms with E-state index in [1.54, 1.807) is 6.07 Å². The highest BCUT2D eigenvalue weighted by atomic mass is 16.3. The van der Waals surface area contributed by atoms with E-state index in [1.807, 2.05) is 48.2 Å². The van der Waals surface area contributed by atoms with Crippen molar-refractivity contribution in [1.82, 2.24) is 15.4 Å². The Labute approximate surface area is 157 Å². The third-order valence-electron chi connectivity index (χ3n) is 4.24. The fourth-order valence-electron chi connectivity index (χ4n) is 2.88. The summed E-state index contributed by atoms with van der Waals surface area (Å²) in [4.78, 5) is 22.7. The Bertz CT molecular complexity index is 941. The first-order valence-electron chi connectivity index (χ1n) is 8.66. The first-order valence-corrected chi connectivity index (χ1v) is 8.66. The van der Waals surface area contributed by atoms with E-state index in [9.17, 15) is 9.90 Å². The number of aliphatic hydroxyl groups excluding tert-OH is 1. The number of hydrazine groups is 1. The van der Waals surface area contributed by atoms with Crippen molar-refractivity contribution >= 4 is 34.0 Å². The lowest BCUT2D eigenvalue weighted by Crippen LogP contribution is -2.32. The van der Waals surface area contributed by atoms with E-state index in [-0.39, 0.29) is 12.5 Å². The monoisotopic (exact) mass is 366 g/mol. The molecule has 8 nitrogen and oxygen atoms in total. The number of carbonyl (C=O) groups is 1. The maximum atomic E-state index is 12.6. The van der Waals surface area contributed by atoms with Crippen LogP contribution in [0.15, 0.2) is 48.8 Å². The molecule has 2 aromatic carbocycles. The lowest BCUT2D eigenvalue weighted by atomic mass is 10.0. The SMILES string of the molecule is CCN(CCO)c1ncnc(NNC(=O)c2cccc3ccccc23)c1N. The van der Waals surface area contributed by atoms with Crippen molar-refractivity contribution in [3.63, 3.8) is 0 Å². The van der Waals surface area contributed by atoms with Crippen molar-refractivity contribution in [2.24, 2.45) is 0 Å². The highest BCUT2D eigenvalue weighted by Gasteiger charge is 2.15. The highest BCUT2D eigenvalue weighted by molar-refractivity contribution is 6.07. The van der Waals surface area contributed by atoms with E-state index < -0.39 is 0 Å². The summed E-state index contributed by atoms with van der Waals surface area (Å²) in [6, 6.07) is 13.2. The summed E-state index contributed by atoms with van der Waals surface area (Å²) < 4.78 is 0. The van der Waals surface area contributed by atoms with Crippen LogP contribution in [-0.4, -0.2) is 40.7 Å². The molecule has 1 heterocycles. The maximum Gasteiger partial charge on any atom is 0.270 e. The first-order chi connectivity index (χ1) is 13.2. The Kier molecular flexibility index (Phi) is 5.68. The van der Waals surface area contributed by atoms with Gasteiger partial charge in [0.15, 0.2) is 11.6 Å². The minimum atomic E-state index is -0.297. The Balaban J connectivity index is 1.79. The molecule has 0 spiro atoms. The van der Waals surface area contributed by atoms with E-state index >= 15 is 0 Å². The Morgan fingerprint density at radius 3 is 2.74 bits per heavy atom. The van der Waals surface area contributed by atoms with Gasteiger partial charge in [0.2, 0.25) is 0 Å².